The predicted octanol–water partition coefficient (Wildman–Crippen LogP) is 3.45. The minimum absolute atomic E-state index is 0.154. The molecule has 0 aliphatic heterocycles. The number of ether oxygens (including phenoxy) is 1. The summed E-state index contributed by atoms with van der Waals surface area (Å²) in [6.07, 6.45) is -1.45. The molecule has 144 valence electrons. The summed E-state index contributed by atoms with van der Waals surface area (Å²) in [7, 11) is 0. The van der Waals surface area contributed by atoms with E-state index >= 15 is 0 Å². The van der Waals surface area contributed by atoms with E-state index in [2.05, 4.69) is 4.98 Å². The van der Waals surface area contributed by atoms with Crippen LogP contribution in [0.3, 0.4) is 0 Å². The number of carbonyl (C=O) groups is 2. The van der Waals surface area contributed by atoms with Crippen molar-refractivity contribution in [2.24, 2.45) is 11.5 Å². The van der Waals surface area contributed by atoms with Crippen LogP contribution in [-0.4, -0.2) is 16.8 Å². The summed E-state index contributed by atoms with van der Waals surface area (Å²) in [5.74, 6) is -5.28. The van der Waals surface area contributed by atoms with Crippen LogP contribution in [-0.2, 0) is 4.79 Å². The topological polar surface area (TPSA) is 108 Å². The molecule has 0 bridgehead atoms. The lowest BCUT2D eigenvalue weighted by atomic mass is 10.1. The first-order chi connectivity index (χ1) is 13.3. The highest BCUT2D eigenvalue weighted by molar-refractivity contribution is 7.10. The van der Waals surface area contributed by atoms with E-state index in [0.29, 0.717) is 10.7 Å². The lowest BCUT2D eigenvalue weighted by Crippen LogP contribution is -2.26. The molecule has 2 aromatic carbocycles. The molecule has 0 saturated carbocycles. The number of primary amides is 2. The molecule has 1 atom stereocenters. The molecule has 10 heteroatoms. The predicted molar refractivity (Wildman–Crippen MR) is 100.0 cm³/mol. The van der Waals surface area contributed by atoms with Crippen LogP contribution in [0.1, 0.15) is 21.5 Å². The third-order valence-electron chi connectivity index (χ3n) is 3.69. The lowest BCUT2D eigenvalue weighted by Gasteiger charge is -2.15. The highest BCUT2D eigenvalue weighted by Gasteiger charge is 2.27. The van der Waals surface area contributed by atoms with Gasteiger partial charge in [-0.05, 0) is 24.3 Å². The van der Waals surface area contributed by atoms with Gasteiger partial charge >= 0.3 is 0 Å². The monoisotopic (exact) mass is 423 g/mol. The fourth-order valence-electron chi connectivity index (χ4n) is 2.37. The van der Waals surface area contributed by atoms with Gasteiger partial charge in [0, 0.05) is 16.0 Å². The quantitative estimate of drug-likeness (QED) is 0.632. The van der Waals surface area contributed by atoms with Crippen molar-refractivity contribution in [1.82, 2.24) is 4.98 Å². The normalized spacial score (nSPS) is 11.8. The van der Waals surface area contributed by atoms with Gasteiger partial charge < -0.3 is 16.2 Å². The first kappa shape index (κ1) is 19.7. The number of benzene rings is 2. The van der Waals surface area contributed by atoms with Crippen LogP contribution >= 0.6 is 22.9 Å². The van der Waals surface area contributed by atoms with Gasteiger partial charge in [0.05, 0.1) is 5.69 Å². The highest BCUT2D eigenvalue weighted by Crippen LogP contribution is 2.31. The van der Waals surface area contributed by atoms with E-state index < -0.39 is 40.9 Å². The number of aromatic nitrogens is 1. The zero-order chi connectivity index (χ0) is 20.4. The maximum atomic E-state index is 14.4. The summed E-state index contributed by atoms with van der Waals surface area (Å²) < 4.78 is 33.3. The van der Waals surface area contributed by atoms with Crippen molar-refractivity contribution in [2.45, 2.75) is 6.10 Å². The molecule has 0 aliphatic carbocycles. The van der Waals surface area contributed by atoms with Crippen LogP contribution in [0.15, 0.2) is 41.8 Å². The van der Waals surface area contributed by atoms with Crippen LogP contribution in [0.5, 0.6) is 5.75 Å². The Hall–Kier alpha value is -3.04. The van der Waals surface area contributed by atoms with Gasteiger partial charge in [-0.25, -0.2) is 13.8 Å². The maximum absolute atomic E-state index is 14.4. The molecule has 0 fully saturated rings. The summed E-state index contributed by atoms with van der Waals surface area (Å²) >= 11 is 6.92. The van der Waals surface area contributed by atoms with Crippen LogP contribution in [0.2, 0.25) is 5.02 Å². The lowest BCUT2D eigenvalue weighted by molar-refractivity contribution is -0.125. The highest BCUT2D eigenvalue weighted by atomic mass is 35.5. The summed E-state index contributed by atoms with van der Waals surface area (Å²) in [5, 5.41) is 2.37. The molecular formula is C18H12ClF2N3O3S. The van der Waals surface area contributed by atoms with Gasteiger partial charge in [0.1, 0.15) is 16.4 Å². The molecule has 1 unspecified atom stereocenters. The zero-order valence-electron chi connectivity index (χ0n) is 14.0. The Morgan fingerprint density at radius 3 is 2.39 bits per heavy atom. The second-order valence-electron chi connectivity index (χ2n) is 5.58. The van der Waals surface area contributed by atoms with Crippen LogP contribution in [0, 0.1) is 11.6 Å². The minimum Gasteiger partial charge on any atom is -0.470 e. The van der Waals surface area contributed by atoms with Gasteiger partial charge in [0.15, 0.2) is 11.6 Å². The third kappa shape index (κ3) is 3.95. The second kappa shape index (κ2) is 7.91. The van der Waals surface area contributed by atoms with Gasteiger partial charge in [0.2, 0.25) is 6.10 Å². The molecule has 1 aromatic heterocycles. The Balaban J connectivity index is 1.94. The molecule has 28 heavy (non-hydrogen) atoms. The Morgan fingerprint density at radius 1 is 1.11 bits per heavy atom. The number of nitrogens with zero attached hydrogens (tertiary/aromatic N) is 1. The summed E-state index contributed by atoms with van der Waals surface area (Å²) in [4.78, 5) is 27.4. The van der Waals surface area contributed by atoms with Gasteiger partial charge in [-0.15, -0.1) is 11.3 Å². The molecule has 2 amide bonds. The average Bonchev–Trinajstić information content (AvgIpc) is 3.11. The number of halogens is 3. The molecule has 0 radical (unpaired) electrons. The standard InChI is InChI=1S/C18H12ClF2N3O3S/c19-9-3-1-8(2-4-9)11-7-28-18(24-11)15(17(23)26)27-12-6-5-10(20)13(14(12)21)16(22)25/h1-7,15H,(H2,22,25)(H2,23,26). The fraction of sp³-hybridized carbons (Fsp3) is 0.0556. The van der Waals surface area contributed by atoms with E-state index in [1.165, 1.54) is 0 Å². The molecule has 4 N–H and O–H groups in total. The van der Waals surface area contributed by atoms with Crippen molar-refractivity contribution >= 4 is 34.8 Å². The van der Waals surface area contributed by atoms with E-state index in [1.807, 2.05) is 0 Å². The first-order valence-corrected chi connectivity index (χ1v) is 8.99. The van der Waals surface area contributed by atoms with E-state index in [0.717, 1.165) is 29.0 Å². The Bertz CT molecular complexity index is 1060. The Morgan fingerprint density at radius 2 is 1.79 bits per heavy atom. The Kier molecular flexibility index (Phi) is 5.57. The van der Waals surface area contributed by atoms with Crippen molar-refractivity contribution in [1.29, 1.82) is 0 Å². The molecule has 1 heterocycles. The van der Waals surface area contributed by atoms with E-state index in [4.69, 9.17) is 27.8 Å². The number of nitrogens with two attached hydrogens (primary N) is 2. The van der Waals surface area contributed by atoms with Crippen molar-refractivity contribution in [2.75, 3.05) is 0 Å². The SMILES string of the molecule is NC(=O)c1c(F)ccc(OC(C(N)=O)c2nc(-c3ccc(Cl)cc3)cs2)c1F. The van der Waals surface area contributed by atoms with Crippen LogP contribution < -0.4 is 16.2 Å². The molecule has 0 spiro atoms. The zero-order valence-corrected chi connectivity index (χ0v) is 15.6. The fourth-order valence-corrected chi connectivity index (χ4v) is 3.35. The van der Waals surface area contributed by atoms with Crippen molar-refractivity contribution < 1.29 is 23.1 Å². The van der Waals surface area contributed by atoms with Gasteiger partial charge in [-0.3, -0.25) is 9.59 Å². The van der Waals surface area contributed by atoms with Crippen molar-refractivity contribution in [3.63, 3.8) is 0 Å². The minimum atomic E-state index is -1.45. The molecule has 3 rings (SSSR count). The van der Waals surface area contributed by atoms with Gasteiger partial charge in [-0.2, -0.15) is 0 Å². The molecule has 0 aliphatic rings. The number of hydrogen-bond donors (Lipinski definition) is 2. The average molecular weight is 424 g/mol. The number of hydrogen-bond acceptors (Lipinski definition) is 5. The van der Waals surface area contributed by atoms with Crippen LogP contribution in [0.4, 0.5) is 8.78 Å². The summed E-state index contributed by atoms with van der Waals surface area (Å²) in [5.41, 5.74) is 10.6. The van der Waals surface area contributed by atoms with E-state index in [9.17, 15) is 18.4 Å². The third-order valence-corrected chi connectivity index (χ3v) is 4.83. The number of amides is 2. The smallest absolute Gasteiger partial charge is 0.265 e. The number of thiazole rings is 1. The van der Waals surface area contributed by atoms with Gasteiger partial charge in [-0.1, -0.05) is 23.7 Å². The van der Waals surface area contributed by atoms with Gasteiger partial charge in [0.25, 0.3) is 11.8 Å². The molecular weight excluding hydrogens is 412 g/mol. The van der Waals surface area contributed by atoms with Crippen molar-refractivity contribution in [3.05, 3.63) is 69.0 Å². The molecule has 0 saturated heterocycles. The van der Waals surface area contributed by atoms with E-state index in [1.54, 1.807) is 29.6 Å². The van der Waals surface area contributed by atoms with Crippen LogP contribution in [0.25, 0.3) is 11.3 Å². The number of carbonyl (C=O) groups excluding carboxylic acids is 2. The second-order valence-corrected chi connectivity index (χ2v) is 6.90. The first-order valence-electron chi connectivity index (χ1n) is 7.73. The maximum Gasteiger partial charge on any atom is 0.265 e. The molecule has 3 aromatic rings. The largest absolute Gasteiger partial charge is 0.470 e. The summed E-state index contributed by atoms with van der Waals surface area (Å²) in [6.45, 7) is 0. The van der Waals surface area contributed by atoms with E-state index in [-0.39, 0.29) is 5.01 Å². The molecule has 6 nitrogen and oxygen atoms in total. The summed E-state index contributed by atoms with van der Waals surface area (Å²) in [6, 6.07) is 8.56. The Labute approximate surface area is 166 Å². The van der Waals surface area contributed by atoms with Crippen molar-refractivity contribution in [3.8, 4) is 17.0 Å². The number of rotatable bonds is 6.